The maximum absolute atomic E-state index is 13.2. The molecule has 0 atom stereocenters. The molecule has 7 rings (SSSR count). The molecule has 0 aliphatic heterocycles. The van der Waals surface area contributed by atoms with Crippen LogP contribution in [0.25, 0.3) is 33.7 Å². The number of hydrogen-bond donors (Lipinski definition) is 2. The minimum Gasteiger partial charge on any atom is -0.317 e. The summed E-state index contributed by atoms with van der Waals surface area (Å²) in [7, 11) is 0. The molecule has 2 aliphatic rings. The van der Waals surface area contributed by atoms with Crippen molar-refractivity contribution in [3.05, 3.63) is 80.8 Å². The number of aromatic amines is 2. The maximum atomic E-state index is 13.2. The number of nitrogens with zero attached hydrogens (tertiary/aromatic N) is 6. The van der Waals surface area contributed by atoms with E-state index in [2.05, 4.69) is 60.5 Å². The lowest BCUT2D eigenvalue weighted by Crippen LogP contribution is -2.31. The van der Waals surface area contributed by atoms with Crippen LogP contribution in [0.2, 0.25) is 0 Å². The first kappa shape index (κ1) is 23.8. The van der Waals surface area contributed by atoms with Gasteiger partial charge in [-0.2, -0.15) is 0 Å². The third-order valence-electron chi connectivity index (χ3n) is 8.16. The van der Waals surface area contributed by atoms with E-state index in [1.165, 1.54) is 6.42 Å². The number of H-pyrrole nitrogens is 2. The van der Waals surface area contributed by atoms with Crippen LogP contribution < -0.4 is 11.2 Å². The van der Waals surface area contributed by atoms with Gasteiger partial charge in [0.2, 0.25) is 0 Å². The number of fused-ring (bicyclic) bond motifs is 1. The molecular weight excluding hydrogens is 492 g/mol. The van der Waals surface area contributed by atoms with Gasteiger partial charge in [-0.15, -0.1) is 5.10 Å². The Balaban J connectivity index is 1.29. The first-order valence-electron chi connectivity index (χ1n) is 13.8. The fraction of sp³-hybridized carbons (Fsp3) is 0.379. The summed E-state index contributed by atoms with van der Waals surface area (Å²) in [6.07, 6.45) is 7.90. The lowest BCUT2D eigenvalue weighted by molar-refractivity contribution is 0.419. The molecule has 0 radical (unpaired) electrons. The summed E-state index contributed by atoms with van der Waals surface area (Å²) in [4.78, 5) is 33.6. The summed E-state index contributed by atoms with van der Waals surface area (Å²) < 4.78 is 3.76. The van der Waals surface area contributed by atoms with E-state index in [9.17, 15) is 9.59 Å². The lowest BCUT2D eigenvalue weighted by atomic mass is 9.88. The van der Waals surface area contributed by atoms with Gasteiger partial charge >= 0.3 is 5.69 Å². The Morgan fingerprint density at radius 2 is 1.64 bits per heavy atom. The minimum absolute atomic E-state index is 0.289. The number of benzene rings is 2. The van der Waals surface area contributed by atoms with Crippen LogP contribution in [0.5, 0.6) is 0 Å². The molecule has 0 spiro atoms. The molecule has 0 unspecified atom stereocenters. The van der Waals surface area contributed by atoms with Gasteiger partial charge in [-0.3, -0.25) is 14.3 Å². The van der Waals surface area contributed by atoms with Crippen molar-refractivity contribution in [2.24, 2.45) is 5.92 Å². The van der Waals surface area contributed by atoms with Crippen molar-refractivity contribution in [1.82, 2.24) is 39.7 Å². The molecule has 2 aromatic carbocycles. The van der Waals surface area contributed by atoms with Gasteiger partial charge in [-0.05, 0) is 58.7 Å². The molecular formula is C29H30N8O2. The second kappa shape index (κ2) is 9.76. The Hall–Kier alpha value is -4.34. The van der Waals surface area contributed by atoms with E-state index in [0.717, 1.165) is 66.6 Å². The number of tetrazole rings is 1. The maximum Gasteiger partial charge on any atom is 0.330 e. The van der Waals surface area contributed by atoms with Crippen molar-refractivity contribution in [3.63, 3.8) is 0 Å². The predicted octanol–water partition coefficient (Wildman–Crippen LogP) is 4.24. The van der Waals surface area contributed by atoms with Gasteiger partial charge in [0.15, 0.2) is 17.0 Å². The smallest absolute Gasteiger partial charge is 0.317 e. The topological polar surface area (TPSA) is 127 Å². The van der Waals surface area contributed by atoms with Crippen LogP contribution in [0.15, 0.2) is 58.1 Å². The minimum atomic E-state index is -0.358. The highest BCUT2D eigenvalue weighted by Crippen LogP contribution is 2.35. The van der Waals surface area contributed by atoms with Crippen LogP contribution in [0.1, 0.15) is 62.3 Å². The quantitative estimate of drug-likeness (QED) is 0.329. The molecule has 0 bridgehead atoms. The van der Waals surface area contributed by atoms with Gasteiger partial charge in [-0.1, -0.05) is 67.8 Å². The van der Waals surface area contributed by atoms with E-state index in [-0.39, 0.29) is 17.2 Å². The number of nitrogens with one attached hydrogen (secondary N) is 2. The Labute approximate surface area is 224 Å². The van der Waals surface area contributed by atoms with Gasteiger partial charge in [0.1, 0.15) is 5.82 Å². The molecule has 10 heteroatoms. The fourth-order valence-corrected chi connectivity index (χ4v) is 5.94. The number of aromatic nitrogens is 8. The van der Waals surface area contributed by atoms with Crippen molar-refractivity contribution in [1.29, 1.82) is 0 Å². The monoisotopic (exact) mass is 522 g/mol. The van der Waals surface area contributed by atoms with Crippen molar-refractivity contribution >= 4 is 11.2 Å². The summed E-state index contributed by atoms with van der Waals surface area (Å²) in [6, 6.07) is 16.4. The first-order chi connectivity index (χ1) is 19.2. The van der Waals surface area contributed by atoms with E-state index in [0.29, 0.717) is 36.0 Å². The van der Waals surface area contributed by atoms with Crippen LogP contribution in [0, 0.1) is 5.92 Å². The molecule has 0 saturated heterocycles. The Morgan fingerprint density at radius 1 is 0.872 bits per heavy atom. The van der Waals surface area contributed by atoms with Gasteiger partial charge in [0, 0.05) is 24.6 Å². The third kappa shape index (κ3) is 4.49. The zero-order valence-corrected chi connectivity index (χ0v) is 21.6. The molecule has 3 aromatic heterocycles. The molecule has 10 nitrogen and oxygen atoms in total. The number of hydrogen-bond acceptors (Lipinski definition) is 6. The molecule has 2 saturated carbocycles. The zero-order chi connectivity index (χ0) is 26.3. The van der Waals surface area contributed by atoms with Crippen LogP contribution >= 0.6 is 0 Å². The van der Waals surface area contributed by atoms with E-state index >= 15 is 0 Å². The average molecular weight is 523 g/mol. The van der Waals surface area contributed by atoms with Crippen LogP contribution in [0.4, 0.5) is 0 Å². The Kier molecular flexibility index (Phi) is 5.94. The van der Waals surface area contributed by atoms with Gasteiger partial charge in [0.25, 0.3) is 5.56 Å². The van der Waals surface area contributed by atoms with Crippen molar-refractivity contribution in [2.45, 2.75) is 64.0 Å². The van der Waals surface area contributed by atoms with Crippen LogP contribution in [-0.2, 0) is 13.1 Å². The van der Waals surface area contributed by atoms with Crippen LogP contribution in [-0.4, -0.2) is 39.7 Å². The average Bonchev–Trinajstić information content (AvgIpc) is 3.46. The van der Waals surface area contributed by atoms with E-state index in [1.54, 1.807) is 4.57 Å². The van der Waals surface area contributed by atoms with Crippen LogP contribution in [0.3, 0.4) is 0 Å². The fourth-order valence-electron chi connectivity index (χ4n) is 5.94. The highest BCUT2D eigenvalue weighted by atomic mass is 16.2. The summed E-state index contributed by atoms with van der Waals surface area (Å²) in [5.74, 6) is 2.32. The summed E-state index contributed by atoms with van der Waals surface area (Å²) in [5.41, 5.74) is 4.38. The Bertz CT molecular complexity index is 1740. The van der Waals surface area contributed by atoms with Gasteiger partial charge < -0.3 is 4.57 Å². The lowest BCUT2D eigenvalue weighted by Gasteiger charge is -2.22. The summed E-state index contributed by atoms with van der Waals surface area (Å²) in [5, 5.41) is 14.4. The van der Waals surface area contributed by atoms with E-state index < -0.39 is 0 Å². The first-order valence-corrected chi connectivity index (χ1v) is 13.8. The second-order valence-electron chi connectivity index (χ2n) is 10.9. The van der Waals surface area contributed by atoms with Gasteiger partial charge in [-0.25, -0.2) is 14.9 Å². The molecule has 2 aliphatic carbocycles. The van der Waals surface area contributed by atoms with Crippen molar-refractivity contribution < 1.29 is 0 Å². The molecule has 5 aromatic rings. The third-order valence-corrected chi connectivity index (χ3v) is 8.16. The van der Waals surface area contributed by atoms with Crippen molar-refractivity contribution in [3.8, 4) is 22.5 Å². The zero-order valence-electron chi connectivity index (χ0n) is 21.6. The Morgan fingerprint density at radius 3 is 2.36 bits per heavy atom. The molecule has 2 N–H and O–H groups in total. The number of imidazole rings is 1. The molecule has 198 valence electrons. The summed E-state index contributed by atoms with van der Waals surface area (Å²) in [6.45, 7) is 1.13. The second-order valence-corrected chi connectivity index (χ2v) is 10.9. The van der Waals surface area contributed by atoms with Gasteiger partial charge in [0.05, 0.1) is 0 Å². The highest BCUT2D eigenvalue weighted by molar-refractivity contribution is 5.80. The van der Waals surface area contributed by atoms with Crippen molar-refractivity contribution in [2.75, 3.05) is 0 Å². The molecule has 39 heavy (non-hydrogen) atoms. The highest BCUT2D eigenvalue weighted by Gasteiger charge is 2.28. The standard InChI is InChI=1S/C29H30N8O2/c38-28-24-27(37(29(39)31-28)17-18-10-11-18)30-26(21-6-2-1-3-7-21)36(24)16-19-12-14-20(15-13-19)22-8-4-5-9-23(22)25-32-34-35-33-25/h4-5,8-9,12-15,18,21H,1-3,6-7,10-11,16-17H2,(H,31,38,39)(H,32,33,34,35). The predicted molar refractivity (Wildman–Crippen MR) is 147 cm³/mol. The summed E-state index contributed by atoms with van der Waals surface area (Å²) >= 11 is 0. The molecule has 3 heterocycles. The molecule has 2 fully saturated rings. The van der Waals surface area contributed by atoms with E-state index in [4.69, 9.17) is 4.98 Å². The van der Waals surface area contributed by atoms with E-state index in [1.807, 2.05) is 18.2 Å². The largest absolute Gasteiger partial charge is 0.330 e. The number of rotatable bonds is 7. The SMILES string of the molecule is O=c1[nH]c(=O)n(CC2CC2)c2nc(C3CCCCC3)n(Cc3ccc(-c4ccccc4-c4nnn[nH]4)cc3)c12. The molecule has 0 amide bonds. The normalized spacial score (nSPS) is 16.2.